The van der Waals surface area contributed by atoms with E-state index in [1.165, 1.54) is 41.3 Å². The van der Waals surface area contributed by atoms with Crippen LogP contribution in [0.1, 0.15) is 54.1 Å². The van der Waals surface area contributed by atoms with Crippen molar-refractivity contribution in [3.63, 3.8) is 0 Å². The van der Waals surface area contributed by atoms with Crippen LogP contribution in [0.25, 0.3) is 0 Å². The molecule has 0 spiro atoms. The summed E-state index contributed by atoms with van der Waals surface area (Å²) in [5.41, 5.74) is 1.34. The molecule has 1 fully saturated rings. The zero-order valence-electron chi connectivity index (χ0n) is 13.0. The molecule has 1 saturated heterocycles. The molecule has 124 valence electrons. The van der Waals surface area contributed by atoms with Gasteiger partial charge in [-0.3, -0.25) is 4.79 Å². The standard InChI is InChI=1S/C16H25N3OS.ClH/c20-16(13-7-3-4-10-17-13)18-11-5-9-15-19-12-6-1-2-8-14(12)21-15;/h13,17H,1-11H2,(H,18,20);1H. The number of halogens is 1. The van der Waals surface area contributed by atoms with Gasteiger partial charge in [0, 0.05) is 17.8 Å². The highest BCUT2D eigenvalue weighted by atomic mass is 35.5. The number of aromatic nitrogens is 1. The van der Waals surface area contributed by atoms with Gasteiger partial charge in [-0.25, -0.2) is 4.98 Å². The maximum atomic E-state index is 12.0. The summed E-state index contributed by atoms with van der Waals surface area (Å²) in [5.74, 6) is 0.174. The number of thiazole rings is 1. The van der Waals surface area contributed by atoms with Gasteiger partial charge < -0.3 is 10.6 Å². The van der Waals surface area contributed by atoms with E-state index >= 15 is 0 Å². The Morgan fingerprint density at radius 1 is 1.27 bits per heavy atom. The van der Waals surface area contributed by atoms with Crippen LogP contribution in [0.5, 0.6) is 0 Å². The molecule has 0 radical (unpaired) electrons. The number of carbonyl (C=O) groups excluding carboxylic acids is 1. The van der Waals surface area contributed by atoms with Crippen molar-refractivity contribution < 1.29 is 4.79 Å². The van der Waals surface area contributed by atoms with Crippen LogP contribution in [0, 0.1) is 0 Å². The van der Waals surface area contributed by atoms with E-state index < -0.39 is 0 Å². The Hall–Kier alpha value is -0.650. The van der Waals surface area contributed by atoms with E-state index in [4.69, 9.17) is 4.98 Å². The predicted octanol–water partition coefficient (Wildman–Crippen LogP) is 2.63. The molecule has 22 heavy (non-hydrogen) atoms. The van der Waals surface area contributed by atoms with Crippen LogP contribution in [0.3, 0.4) is 0 Å². The van der Waals surface area contributed by atoms with E-state index in [0.29, 0.717) is 0 Å². The Bertz CT molecular complexity index is 462. The van der Waals surface area contributed by atoms with E-state index in [-0.39, 0.29) is 24.4 Å². The maximum Gasteiger partial charge on any atom is 0.237 e. The summed E-state index contributed by atoms with van der Waals surface area (Å²) < 4.78 is 0. The van der Waals surface area contributed by atoms with E-state index in [9.17, 15) is 4.79 Å². The third kappa shape index (κ3) is 4.67. The summed E-state index contributed by atoms with van der Waals surface area (Å²) in [7, 11) is 0. The van der Waals surface area contributed by atoms with Crippen LogP contribution in [-0.4, -0.2) is 30.0 Å². The number of nitrogens with one attached hydrogen (secondary N) is 2. The second-order valence-corrected chi connectivity index (χ2v) is 7.25. The van der Waals surface area contributed by atoms with Crippen molar-refractivity contribution >= 4 is 29.7 Å². The van der Waals surface area contributed by atoms with E-state index in [1.54, 1.807) is 0 Å². The van der Waals surface area contributed by atoms with Gasteiger partial charge in [-0.2, -0.15) is 0 Å². The number of hydrogen-bond acceptors (Lipinski definition) is 4. The lowest BCUT2D eigenvalue weighted by molar-refractivity contribution is -0.123. The third-order valence-corrected chi connectivity index (χ3v) is 5.60. The maximum absolute atomic E-state index is 12.0. The summed E-state index contributed by atoms with van der Waals surface area (Å²) in [5, 5.41) is 7.60. The lowest BCUT2D eigenvalue weighted by atomic mass is 10.0. The smallest absolute Gasteiger partial charge is 0.237 e. The van der Waals surface area contributed by atoms with Gasteiger partial charge in [-0.15, -0.1) is 23.7 Å². The normalized spacial score (nSPS) is 20.8. The van der Waals surface area contributed by atoms with Crippen molar-refractivity contribution in [2.24, 2.45) is 0 Å². The highest BCUT2D eigenvalue weighted by Crippen LogP contribution is 2.27. The quantitative estimate of drug-likeness (QED) is 0.808. The molecular formula is C16H26ClN3OS. The Labute approximate surface area is 142 Å². The van der Waals surface area contributed by atoms with Crippen molar-refractivity contribution in [2.45, 2.75) is 63.8 Å². The van der Waals surface area contributed by atoms with Crippen molar-refractivity contribution in [3.05, 3.63) is 15.6 Å². The molecule has 3 rings (SSSR count). The van der Waals surface area contributed by atoms with Crippen molar-refractivity contribution in [1.29, 1.82) is 0 Å². The zero-order valence-corrected chi connectivity index (χ0v) is 14.7. The van der Waals surface area contributed by atoms with Gasteiger partial charge in [-0.05, 0) is 51.5 Å². The molecule has 1 aliphatic carbocycles. The summed E-state index contributed by atoms with van der Waals surface area (Å²) >= 11 is 1.89. The number of nitrogens with zero attached hydrogens (tertiary/aromatic N) is 1. The van der Waals surface area contributed by atoms with Crippen LogP contribution in [0.15, 0.2) is 0 Å². The molecular weight excluding hydrogens is 318 g/mol. The molecule has 2 N–H and O–H groups in total. The predicted molar refractivity (Wildman–Crippen MR) is 93.0 cm³/mol. The minimum absolute atomic E-state index is 0. The molecule has 4 nitrogen and oxygen atoms in total. The number of carbonyl (C=O) groups is 1. The minimum Gasteiger partial charge on any atom is -0.355 e. The SMILES string of the molecule is Cl.O=C(NCCCc1nc2c(s1)CCCC2)C1CCCCN1. The fraction of sp³-hybridized carbons (Fsp3) is 0.750. The number of rotatable bonds is 5. The van der Waals surface area contributed by atoms with Gasteiger partial charge >= 0.3 is 0 Å². The first-order chi connectivity index (χ1) is 10.3. The molecule has 1 aromatic heterocycles. The molecule has 1 unspecified atom stereocenters. The molecule has 1 amide bonds. The largest absolute Gasteiger partial charge is 0.355 e. The Balaban J connectivity index is 0.00000176. The van der Waals surface area contributed by atoms with Crippen LogP contribution < -0.4 is 10.6 Å². The molecule has 2 aliphatic rings. The lowest BCUT2D eigenvalue weighted by Crippen LogP contribution is -2.46. The molecule has 2 heterocycles. The Morgan fingerprint density at radius 3 is 2.91 bits per heavy atom. The van der Waals surface area contributed by atoms with Crippen LogP contribution in [0.2, 0.25) is 0 Å². The molecule has 6 heteroatoms. The molecule has 1 aromatic rings. The van der Waals surface area contributed by atoms with Crippen LogP contribution in [-0.2, 0) is 24.1 Å². The minimum atomic E-state index is 0. The first-order valence-corrected chi connectivity index (χ1v) is 9.13. The van der Waals surface area contributed by atoms with E-state index in [1.807, 2.05) is 11.3 Å². The average molecular weight is 344 g/mol. The summed E-state index contributed by atoms with van der Waals surface area (Å²) in [6, 6.07) is 0.0333. The third-order valence-electron chi connectivity index (χ3n) is 4.38. The van der Waals surface area contributed by atoms with Crippen molar-refractivity contribution in [3.8, 4) is 0 Å². The van der Waals surface area contributed by atoms with Crippen LogP contribution >= 0.6 is 23.7 Å². The Morgan fingerprint density at radius 2 is 2.14 bits per heavy atom. The molecule has 1 aliphatic heterocycles. The van der Waals surface area contributed by atoms with Gasteiger partial charge in [0.15, 0.2) is 0 Å². The summed E-state index contributed by atoms with van der Waals surface area (Å²) in [6.07, 6.45) is 10.3. The first-order valence-electron chi connectivity index (χ1n) is 8.31. The second-order valence-electron chi connectivity index (χ2n) is 6.08. The van der Waals surface area contributed by atoms with Gasteiger partial charge in [0.25, 0.3) is 0 Å². The number of hydrogen-bond donors (Lipinski definition) is 2. The van der Waals surface area contributed by atoms with Gasteiger partial charge in [0.2, 0.25) is 5.91 Å². The monoisotopic (exact) mass is 343 g/mol. The highest BCUT2D eigenvalue weighted by Gasteiger charge is 2.20. The van der Waals surface area contributed by atoms with Gasteiger partial charge in [-0.1, -0.05) is 6.42 Å². The van der Waals surface area contributed by atoms with Crippen molar-refractivity contribution in [2.75, 3.05) is 13.1 Å². The molecule has 1 atom stereocenters. The Kier molecular flexibility index (Phi) is 7.12. The molecule has 0 saturated carbocycles. The second kappa shape index (κ2) is 8.85. The zero-order chi connectivity index (χ0) is 14.5. The highest BCUT2D eigenvalue weighted by molar-refractivity contribution is 7.11. The first kappa shape index (κ1) is 17.7. The number of amides is 1. The number of piperidine rings is 1. The fourth-order valence-electron chi connectivity index (χ4n) is 3.16. The van der Waals surface area contributed by atoms with E-state index in [0.717, 1.165) is 45.2 Å². The number of fused-ring (bicyclic) bond motifs is 1. The van der Waals surface area contributed by atoms with Crippen LogP contribution in [0.4, 0.5) is 0 Å². The molecule has 0 aromatic carbocycles. The summed E-state index contributed by atoms with van der Waals surface area (Å²) in [4.78, 5) is 18.2. The fourth-order valence-corrected chi connectivity index (χ4v) is 4.36. The van der Waals surface area contributed by atoms with Crippen molar-refractivity contribution in [1.82, 2.24) is 15.6 Å². The van der Waals surface area contributed by atoms with Gasteiger partial charge in [0.1, 0.15) is 0 Å². The summed E-state index contributed by atoms with van der Waals surface area (Å²) in [6.45, 7) is 1.74. The molecule has 0 bridgehead atoms. The lowest BCUT2D eigenvalue weighted by Gasteiger charge is -2.22. The van der Waals surface area contributed by atoms with E-state index in [2.05, 4.69) is 10.6 Å². The average Bonchev–Trinajstić information content (AvgIpc) is 2.95. The van der Waals surface area contributed by atoms with Gasteiger partial charge in [0.05, 0.1) is 16.7 Å². The topological polar surface area (TPSA) is 54.0 Å². The number of aryl methyl sites for hydroxylation is 3.